The first-order chi connectivity index (χ1) is 11.0. The molecule has 0 aromatic carbocycles. The van der Waals surface area contributed by atoms with E-state index in [-0.39, 0.29) is 0 Å². The minimum Gasteiger partial charge on any atom is -0.365 e. The predicted molar refractivity (Wildman–Crippen MR) is 89.4 cm³/mol. The fourth-order valence-electron chi connectivity index (χ4n) is 5.08. The van der Waals surface area contributed by atoms with Crippen LogP contribution in [0.4, 0.5) is 5.82 Å². The number of nitrogens with zero attached hydrogens (tertiary/aromatic N) is 4. The Kier molecular flexibility index (Phi) is 2.54. The van der Waals surface area contributed by atoms with Crippen molar-refractivity contribution in [2.75, 3.05) is 5.32 Å². The highest BCUT2D eigenvalue weighted by Gasteiger charge is 2.61. The molecule has 5 nitrogen and oxygen atoms in total. The van der Waals surface area contributed by atoms with Crippen molar-refractivity contribution in [3.05, 3.63) is 18.0 Å². The first-order valence-corrected chi connectivity index (χ1v) is 8.98. The molecule has 3 saturated carbocycles. The Labute approximate surface area is 136 Å². The molecular formula is C18H25N5. The summed E-state index contributed by atoms with van der Waals surface area (Å²) in [6.07, 6.45) is 6.41. The zero-order valence-electron chi connectivity index (χ0n) is 14.2. The molecule has 2 aromatic heterocycles. The van der Waals surface area contributed by atoms with Gasteiger partial charge in [0, 0.05) is 12.0 Å². The number of fused-ring (bicyclic) bond motifs is 3. The summed E-state index contributed by atoms with van der Waals surface area (Å²) in [5, 5.41) is 17.1. The third-order valence-electron chi connectivity index (χ3n) is 7.35. The van der Waals surface area contributed by atoms with E-state index in [2.05, 4.69) is 42.4 Å². The first kappa shape index (κ1) is 13.8. The van der Waals surface area contributed by atoms with Crippen LogP contribution in [0, 0.1) is 16.7 Å². The molecule has 3 atom stereocenters. The van der Waals surface area contributed by atoms with E-state index in [0.29, 0.717) is 22.8 Å². The quantitative estimate of drug-likeness (QED) is 0.940. The predicted octanol–water partition coefficient (Wildman–Crippen LogP) is 3.63. The number of rotatable bonds is 3. The molecule has 3 aliphatic rings. The van der Waals surface area contributed by atoms with E-state index < -0.39 is 0 Å². The first-order valence-electron chi connectivity index (χ1n) is 8.98. The molecule has 2 bridgehead atoms. The largest absolute Gasteiger partial charge is 0.365 e. The van der Waals surface area contributed by atoms with Crippen molar-refractivity contribution in [2.24, 2.45) is 16.7 Å². The molecule has 3 fully saturated rings. The molecule has 3 aliphatic carbocycles. The fraction of sp³-hybridized carbons (Fsp3) is 0.722. The lowest BCUT2D eigenvalue weighted by atomic mass is 9.69. The van der Waals surface area contributed by atoms with E-state index in [4.69, 9.17) is 5.10 Å². The SMILES string of the molecule is CC1(C)C2CCC1(C)C(Nc1ccc3nnc(C4CC4)n3n1)C2. The summed E-state index contributed by atoms with van der Waals surface area (Å²) in [4.78, 5) is 0. The molecule has 1 N–H and O–H groups in total. The lowest BCUT2D eigenvalue weighted by molar-refractivity contribution is 0.142. The summed E-state index contributed by atoms with van der Waals surface area (Å²) in [6.45, 7) is 7.37. The molecule has 5 rings (SSSR count). The van der Waals surface area contributed by atoms with E-state index >= 15 is 0 Å². The van der Waals surface area contributed by atoms with Gasteiger partial charge in [0.2, 0.25) is 0 Å². The molecule has 122 valence electrons. The third-order valence-corrected chi connectivity index (χ3v) is 7.35. The Bertz CT molecular complexity index is 775. The monoisotopic (exact) mass is 311 g/mol. The summed E-state index contributed by atoms with van der Waals surface area (Å²) < 4.78 is 1.95. The van der Waals surface area contributed by atoms with Crippen LogP contribution in [0.3, 0.4) is 0 Å². The van der Waals surface area contributed by atoms with Crippen molar-refractivity contribution in [1.82, 2.24) is 19.8 Å². The number of anilines is 1. The molecule has 3 unspecified atom stereocenters. The molecule has 2 aromatic rings. The lowest BCUT2D eigenvalue weighted by Gasteiger charge is -2.39. The maximum atomic E-state index is 4.80. The van der Waals surface area contributed by atoms with Crippen molar-refractivity contribution in [2.45, 2.75) is 64.8 Å². The van der Waals surface area contributed by atoms with Crippen molar-refractivity contribution in [3.63, 3.8) is 0 Å². The Balaban J connectivity index is 1.47. The lowest BCUT2D eigenvalue weighted by Crippen LogP contribution is -2.40. The molecular weight excluding hydrogens is 286 g/mol. The van der Waals surface area contributed by atoms with E-state index in [0.717, 1.165) is 23.2 Å². The highest BCUT2D eigenvalue weighted by atomic mass is 15.4. The molecule has 0 aliphatic heterocycles. The second-order valence-corrected chi connectivity index (χ2v) is 8.63. The third kappa shape index (κ3) is 1.76. The van der Waals surface area contributed by atoms with Crippen molar-refractivity contribution < 1.29 is 0 Å². The van der Waals surface area contributed by atoms with Crippen LogP contribution in [0.25, 0.3) is 5.65 Å². The van der Waals surface area contributed by atoms with Gasteiger partial charge in [-0.1, -0.05) is 20.8 Å². The number of hydrogen-bond acceptors (Lipinski definition) is 4. The summed E-state index contributed by atoms with van der Waals surface area (Å²) in [7, 11) is 0. The van der Waals surface area contributed by atoms with Gasteiger partial charge in [0.05, 0.1) is 0 Å². The molecule has 0 radical (unpaired) electrons. The van der Waals surface area contributed by atoms with Gasteiger partial charge < -0.3 is 5.32 Å². The maximum Gasteiger partial charge on any atom is 0.178 e. The van der Waals surface area contributed by atoms with Crippen LogP contribution in [0.2, 0.25) is 0 Å². The average Bonchev–Trinajstić information content (AvgIpc) is 3.20. The van der Waals surface area contributed by atoms with E-state index in [1.165, 1.54) is 32.1 Å². The van der Waals surface area contributed by atoms with Gasteiger partial charge >= 0.3 is 0 Å². The van der Waals surface area contributed by atoms with Crippen LogP contribution in [0.15, 0.2) is 12.1 Å². The van der Waals surface area contributed by atoms with Crippen LogP contribution in [0.5, 0.6) is 0 Å². The fourth-order valence-corrected chi connectivity index (χ4v) is 5.08. The topological polar surface area (TPSA) is 55.1 Å². The van der Waals surface area contributed by atoms with Gasteiger partial charge in [-0.25, -0.2) is 0 Å². The van der Waals surface area contributed by atoms with Gasteiger partial charge in [0.15, 0.2) is 11.5 Å². The van der Waals surface area contributed by atoms with E-state index in [1.54, 1.807) is 0 Å². The van der Waals surface area contributed by atoms with Gasteiger partial charge in [0.1, 0.15) is 5.82 Å². The summed E-state index contributed by atoms with van der Waals surface area (Å²) >= 11 is 0. The number of hydrogen-bond donors (Lipinski definition) is 1. The van der Waals surface area contributed by atoms with Gasteiger partial charge in [-0.05, 0) is 61.0 Å². The Morgan fingerprint density at radius 3 is 2.61 bits per heavy atom. The summed E-state index contributed by atoms with van der Waals surface area (Å²) in [6, 6.07) is 4.61. The van der Waals surface area contributed by atoms with Gasteiger partial charge in [-0.2, -0.15) is 4.52 Å². The van der Waals surface area contributed by atoms with Crippen LogP contribution in [0.1, 0.15) is 64.6 Å². The normalized spacial score (nSPS) is 35.1. The van der Waals surface area contributed by atoms with E-state index in [9.17, 15) is 0 Å². The molecule has 5 heteroatoms. The zero-order chi connectivity index (χ0) is 15.8. The van der Waals surface area contributed by atoms with Crippen LogP contribution >= 0.6 is 0 Å². The number of nitrogens with one attached hydrogen (secondary N) is 1. The highest BCUT2D eigenvalue weighted by Crippen LogP contribution is 2.65. The molecule has 0 saturated heterocycles. The Morgan fingerprint density at radius 1 is 1.13 bits per heavy atom. The van der Waals surface area contributed by atoms with Crippen molar-refractivity contribution >= 4 is 11.5 Å². The van der Waals surface area contributed by atoms with Gasteiger partial charge in [-0.3, -0.25) is 0 Å². The smallest absolute Gasteiger partial charge is 0.178 e. The minimum atomic E-state index is 0.362. The molecule has 0 amide bonds. The highest BCUT2D eigenvalue weighted by molar-refractivity contribution is 5.46. The summed E-state index contributed by atoms with van der Waals surface area (Å²) in [5.41, 5.74) is 1.64. The molecule has 0 spiro atoms. The summed E-state index contributed by atoms with van der Waals surface area (Å²) in [5.74, 6) is 3.40. The van der Waals surface area contributed by atoms with Crippen LogP contribution in [-0.2, 0) is 0 Å². The standard InChI is InChI=1S/C18H25N5/c1-17(2)12-8-9-18(17,3)13(10-12)19-14-6-7-15-20-21-16(11-4-5-11)23(15)22-14/h6-7,11-13H,4-5,8-10H2,1-3H3,(H,19,22). The van der Waals surface area contributed by atoms with E-state index in [1.807, 2.05) is 10.6 Å². The number of aromatic nitrogens is 4. The van der Waals surface area contributed by atoms with Crippen molar-refractivity contribution in [1.29, 1.82) is 0 Å². The minimum absolute atomic E-state index is 0.362. The average molecular weight is 311 g/mol. The van der Waals surface area contributed by atoms with Crippen LogP contribution in [-0.4, -0.2) is 25.9 Å². The van der Waals surface area contributed by atoms with Gasteiger partial charge in [0.25, 0.3) is 0 Å². The Morgan fingerprint density at radius 2 is 1.96 bits per heavy atom. The molecule has 2 heterocycles. The zero-order valence-corrected chi connectivity index (χ0v) is 14.2. The Hall–Kier alpha value is -1.65. The van der Waals surface area contributed by atoms with Crippen LogP contribution < -0.4 is 5.32 Å². The second kappa shape index (κ2) is 4.25. The molecule has 23 heavy (non-hydrogen) atoms. The second-order valence-electron chi connectivity index (χ2n) is 8.63. The van der Waals surface area contributed by atoms with Crippen molar-refractivity contribution in [3.8, 4) is 0 Å². The maximum absolute atomic E-state index is 4.80. The van der Waals surface area contributed by atoms with Gasteiger partial charge in [-0.15, -0.1) is 15.3 Å².